The van der Waals surface area contributed by atoms with Gasteiger partial charge >= 0.3 is 0 Å². The minimum atomic E-state index is 0.273. The first-order valence-electron chi connectivity index (χ1n) is 11.5. The van der Waals surface area contributed by atoms with E-state index in [1.165, 1.54) is 35.8 Å². The lowest BCUT2D eigenvalue weighted by Crippen LogP contribution is -2.32. The van der Waals surface area contributed by atoms with E-state index in [9.17, 15) is 0 Å². The van der Waals surface area contributed by atoms with E-state index in [2.05, 4.69) is 20.0 Å². The number of nitrogens with two attached hydrogens (primary N) is 2. The number of hydrogen-bond acceptors (Lipinski definition) is 10. The highest BCUT2D eigenvalue weighted by atomic mass is 32.1. The lowest BCUT2D eigenvalue weighted by Gasteiger charge is -2.24. The molecule has 0 bridgehead atoms. The molecule has 180 valence electrons. The maximum atomic E-state index is 6.48. The summed E-state index contributed by atoms with van der Waals surface area (Å²) in [5.41, 5.74) is 10.1. The third-order valence-corrected chi connectivity index (χ3v) is 6.39. The number of pyridine rings is 1. The molecule has 6 N–H and O–H groups in total. The molecule has 1 aromatic carbocycles. The van der Waals surface area contributed by atoms with Crippen LogP contribution in [-0.4, -0.2) is 39.0 Å². The smallest absolute Gasteiger partial charge is 0.236 e. The zero-order valence-electron chi connectivity index (χ0n) is 19.6. The van der Waals surface area contributed by atoms with E-state index >= 15 is 0 Å². The minimum absolute atomic E-state index is 0.273. The molecule has 0 unspecified atom stereocenters. The Morgan fingerprint density at radius 3 is 2.59 bits per heavy atom. The molecule has 4 rings (SSSR count). The molecular formula is C24H32N8OS. The van der Waals surface area contributed by atoms with Crippen LogP contribution in [0.4, 0.5) is 16.8 Å². The van der Waals surface area contributed by atoms with Crippen molar-refractivity contribution < 1.29 is 4.74 Å². The largest absolute Gasteiger partial charge is 0.489 e. The maximum Gasteiger partial charge on any atom is 0.236 e. The number of benzene rings is 1. The molecule has 9 nitrogen and oxygen atoms in total. The number of nitrogens with zero attached hydrogens (tertiary/aromatic N) is 4. The van der Waals surface area contributed by atoms with E-state index in [0.29, 0.717) is 34.7 Å². The second kappa shape index (κ2) is 11.2. The predicted octanol–water partition coefficient (Wildman–Crippen LogP) is 4.24. The summed E-state index contributed by atoms with van der Waals surface area (Å²) in [7, 11) is 1.74. The van der Waals surface area contributed by atoms with Gasteiger partial charge in [0, 0.05) is 24.3 Å². The van der Waals surface area contributed by atoms with E-state index in [1.807, 2.05) is 49.4 Å². The highest BCUT2D eigenvalue weighted by Crippen LogP contribution is 2.26. The summed E-state index contributed by atoms with van der Waals surface area (Å²) in [5, 5.41) is 8.62. The summed E-state index contributed by atoms with van der Waals surface area (Å²) < 4.78 is 10.5. The monoisotopic (exact) mass is 480 g/mol. The fourth-order valence-corrected chi connectivity index (χ4v) is 4.47. The van der Waals surface area contributed by atoms with Crippen LogP contribution in [0.5, 0.6) is 5.75 Å². The molecule has 0 radical (unpaired) electrons. The topological polar surface area (TPSA) is 127 Å². The molecule has 2 aromatic heterocycles. The van der Waals surface area contributed by atoms with Crippen LogP contribution in [0.2, 0.25) is 0 Å². The van der Waals surface area contributed by atoms with Crippen LogP contribution in [0, 0.1) is 6.92 Å². The second-order valence-electron chi connectivity index (χ2n) is 8.40. The van der Waals surface area contributed by atoms with Crippen molar-refractivity contribution in [2.45, 2.75) is 45.1 Å². The Labute approximate surface area is 204 Å². The van der Waals surface area contributed by atoms with Gasteiger partial charge in [0.05, 0.1) is 35.4 Å². The SMILES string of the molecule is Cc1nc(/C(N)=C(\CNc2nsc(Nc3ccccc3)n2)N(C)N)ccc1OC1CCCCC1. The van der Waals surface area contributed by atoms with E-state index in [-0.39, 0.29) is 6.10 Å². The van der Waals surface area contributed by atoms with E-state index in [4.69, 9.17) is 21.3 Å². The second-order valence-corrected chi connectivity index (χ2v) is 9.15. The predicted molar refractivity (Wildman–Crippen MR) is 138 cm³/mol. The van der Waals surface area contributed by atoms with Crippen LogP contribution in [0.15, 0.2) is 48.2 Å². The van der Waals surface area contributed by atoms with Crippen molar-refractivity contribution in [3.05, 3.63) is 59.5 Å². The summed E-state index contributed by atoms with van der Waals surface area (Å²) >= 11 is 1.27. The number of hydrazine groups is 1. The average Bonchev–Trinajstić information content (AvgIpc) is 3.28. The number of aromatic nitrogens is 3. The molecule has 0 saturated heterocycles. The van der Waals surface area contributed by atoms with Gasteiger partial charge in [0.15, 0.2) is 0 Å². The number of hydrogen-bond donors (Lipinski definition) is 4. The lowest BCUT2D eigenvalue weighted by atomic mass is 9.98. The zero-order chi connectivity index (χ0) is 23.9. The van der Waals surface area contributed by atoms with Crippen LogP contribution in [0.1, 0.15) is 43.5 Å². The quantitative estimate of drug-likeness (QED) is 0.263. The van der Waals surface area contributed by atoms with Gasteiger partial charge in [-0.25, -0.2) is 10.8 Å². The van der Waals surface area contributed by atoms with Gasteiger partial charge in [-0.05, 0) is 56.9 Å². The van der Waals surface area contributed by atoms with Gasteiger partial charge in [0.2, 0.25) is 11.1 Å². The number of para-hydroxylation sites is 1. The number of nitrogens with one attached hydrogen (secondary N) is 2. The summed E-state index contributed by atoms with van der Waals surface area (Å²) in [4.78, 5) is 9.17. The molecule has 34 heavy (non-hydrogen) atoms. The standard InChI is InChI=1S/C24H32N8OS/c1-16-21(33-18-11-7-4-8-12-18)14-13-19(28-16)22(25)20(32(2)26)15-27-23-30-24(34-31-23)29-17-9-5-3-6-10-17/h3,5-6,9-10,13-14,18H,4,7-8,11-12,15,25-26H2,1-2H3,(H2,27,29,30,31)/b22-20-. The Hall–Kier alpha value is -3.37. The van der Waals surface area contributed by atoms with Gasteiger partial charge in [-0.2, -0.15) is 9.36 Å². The summed E-state index contributed by atoms with van der Waals surface area (Å²) in [6, 6.07) is 13.7. The number of ether oxygens (including phenoxy) is 1. The summed E-state index contributed by atoms with van der Waals surface area (Å²) in [5.74, 6) is 7.40. The first kappa shape index (κ1) is 23.8. The molecule has 2 heterocycles. The van der Waals surface area contributed by atoms with Crippen LogP contribution in [-0.2, 0) is 0 Å². The molecule has 0 spiro atoms. The van der Waals surface area contributed by atoms with Crippen molar-refractivity contribution in [2.75, 3.05) is 24.2 Å². The number of aryl methyl sites for hydroxylation is 1. The molecule has 0 amide bonds. The first-order chi connectivity index (χ1) is 16.5. The van der Waals surface area contributed by atoms with Gasteiger partial charge < -0.3 is 26.1 Å². The molecule has 10 heteroatoms. The number of anilines is 3. The van der Waals surface area contributed by atoms with Crippen molar-refractivity contribution in [3.63, 3.8) is 0 Å². The highest BCUT2D eigenvalue weighted by molar-refractivity contribution is 7.10. The Balaban J connectivity index is 1.43. The molecule has 3 aromatic rings. The Morgan fingerprint density at radius 1 is 1.12 bits per heavy atom. The Kier molecular flexibility index (Phi) is 7.81. The van der Waals surface area contributed by atoms with Crippen molar-refractivity contribution in [3.8, 4) is 5.75 Å². The molecule has 1 aliphatic carbocycles. The molecule has 0 aliphatic heterocycles. The number of likely N-dealkylation sites (N-methyl/N-ethyl adjacent to an activating group) is 1. The van der Waals surface area contributed by atoms with Crippen LogP contribution in [0.3, 0.4) is 0 Å². The van der Waals surface area contributed by atoms with E-state index in [0.717, 1.165) is 30.0 Å². The maximum absolute atomic E-state index is 6.48. The Bertz CT molecular complexity index is 1110. The highest BCUT2D eigenvalue weighted by Gasteiger charge is 2.18. The first-order valence-corrected chi connectivity index (χ1v) is 12.3. The van der Waals surface area contributed by atoms with Gasteiger partial charge in [0.1, 0.15) is 5.75 Å². The van der Waals surface area contributed by atoms with Crippen molar-refractivity contribution in [2.24, 2.45) is 11.6 Å². The zero-order valence-corrected chi connectivity index (χ0v) is 20.4. The number of rotatable bonds is 9. The van der Waals surface area contributed by atoms with E-state index in [1.54, 1.807) is 7.05 Å². The third kappa shape index (κ3) is 6.15. The van der Waals surface area contributed by atoms with Crippen molar-refractivity contribution in [1.82, 2.24) is 19.4 Å². The molecule has 1 aliphatic rings. The summed E-state index contributed by atoms with van der Waals surface area (Å²) in [6.07, 6.45) is 6.22. The molecule has 0 atom stereocenters. The molecular weight excluding hydrogens is 448 g/mol. The fraction of sp³-hybridized carbons (Fsp3) is 0.375. The normalized spacial score (nSPS) is 14.9. The minimum Gasteiger partial charge on any atom is -0.489 e. The van der Waals surface area contributed by atoms with Gasteiger partial charge in [0.25, 0.3) is 0 Å². The average molecular weight is 481 g/mol. The summed E-state index contributed by atoms with van der Waals surface area (Å²) in [6.45, 7) is 2.29. The van der Waals surface area contributed by atoms with Crippen molar-refractivity contribution in [1.29, 1.82) is 0 Å². The fourth-order valence-electron chi connectivity index (χ4n) is 3.90. The van der Waals surface area contributed by atoms with Crippen LogP contribution >= 0.6 is 11.5 Å². The van der Waals surface area contributed by atoms with Gasteiger partial charge in [-0.1, -0.05) is 24.6 Å². The van der Waals surface area contributed by atoms with Gasteiger partial charge in [-0.3, -0.25) is 0 Å². The third-order valence-electron chi connectivity index (χ3n) is 5.76. The van der Waals surface area contributed by atoms with E-state index < -0.39 is 0 Å². The van der Waals surface area contributed by atoms with Gasteiger partial charge in [-0.15, -0.1) is 0 Å². The van der Waals surface area contributed by atoms with Crippen LogP contribution in [0.25, 0.3) is 5.70 Å². The Morgan fingerprint density at radius 2 is 1.88 bits per heavy atom. The molecule has 1 saturated carbocycles. The van der Waals surface area contributed by atoms with Crippen molar-refractivity contribution >= 4 is 34.0 Å². The molecule has 1 fully saturated rings. The lowest BCUT2D eigenvalue weighted by molar-refractivity contribution is 0.153. The van der Waals surface area contributed by atoms with Crippen LogP contribution < -0.4 is 26.9 Å².